The molecule has 19 heavy (non-hydrogen) atoms. The van der Waals surface area contributed by atoms with Crippen molar-refractivity contribution in [1.82, 2.24) is 10.3 Å². The molecule has 0 fully saturated rings. The smallest absolute Gasteiger partial charge is 0.223 e. The zero-order valence-electron chi connectivity index (χ0n) is 10.5. The molecule has 5 heteroatoms. The van der Waals surface area contributed by atoms with Crippen LogP contribution in [0.25, 0.3) is 0 Å². The van der Waals surface area contributed by atoms with Crippen LogP contribution in [0.3, 0.4) is 0 Å². The lowest BCUT2D eigenvalue weighted by Crippen LogP contribution is -2.12. The molecule has 2 aromatic rings. The summed E-state index contributed by atoms with van der Waals surface area (Å²) in [7, 11) is 0. The van der Waals surface area contributed by atoms with Crippen molar-refractivity contribution in [3.63, 3.8) is 0 Å². The molecule has 0 atom stereocenters. The molecule has 0 bridgehead atoms. The van der Waals surface area contributed by atoms with E-state index in [9.17, 15) is 4.39 Å². The topological polar surface area (TPSA) is 34.2 Å². The monoisotopic (exact) mass is 280 g/mol. The Morgan fingerprint density at radius 1 is 1.37 bits per heavy atom. The molecule has 0 saturated heterocycles. The minimum atomic E-state index is -0.511. The number of pyridine rings is 1. The molecule has 0 aliphatic heterocycles. The van der Waals surface area contributed by atoms with E-state index in [-0.39, 0.29) is 5.02 Å². The van der Waals surface area contributed by atoms with Gasteiger partial charge in [-0.05, 0) is 24.7 Å². The van der Waals surface area contributed by atoms with Gasteiger partial charge < -0.3 is 10.1 Å². The van der Waals surface area contributed by atoms with Crippen LogP contribution >= 0.6 is 11.6 Å². The maximum Gasteiger partial charge on any atom is 0.223 e. The largest absolute Gasteiger partial charge is 0.439 e. The summed E-state index contributed by atoms with van der Waals surface area (Å²) in [5, 5.41) is 3.27. The molecule has 0 saturated carbocycles. The minimum Gasteiger partial charge on any atom is -0.439 e. The van der Waals surface area contributed by atoms with Crippen molar-refractivity contribution in [2.24, 2.45) is 0 Å². The lowest BCUT2D eigenvalue weighted by atomic mass is 10.2. The van der Waals surface area contributed by atoms with Crippen LogP contribution in [0.4, 0.5) is 4.39 Å². The van der Waals surface area contributed by atoms with Gasteiger partial charge in [0.05, 0.1) is 5.02 Å². The van der Waals surface area contributed by atoms with Gasteiger partial charge in [-0.1, -0.05) is 24.6 Å². The first-order chi connectivity index (χ1) is 9.20. The first-order valence-corrected chi connectivity index (χ1v) is 6.36. The molecule has 0 amide bonds. The zero-order valence-corrected chi connectivity index (χ0v) is 11.2. The Balaban J connectivity index is 2.20. The van der Waals surface area contributed by atoms with Gasteiger partial charge in [-0.3, -0.25) is 0 Å². The number of rotatable bonds is 5. The van der Waals surface area contributed by atoms with Crippen molar-refractivity contribution >= 4 is 11.6 Å². The number of benzene rings is 1. The van der Waals surface area contributed by atoms with E-state index in [1.54, 1.807) is 12.3 Å². The lowest BCUT2D eigenvalue weighted by molar-refractivity contribution is 0.449. The van der Waals surface area contributed by atoms with Gasteiger partial charge in [0.1, 0.15) is 11.6 Å². The Labute approximate surface area is 116 Å². The molecule has 1 aromatic heterocycles. The van der Waals surface area contributed by atoms with Gasteiger partial charge in [0.15, 0.2) is 0 Å². The van der Waals surface area contributed by atoms with E-state index in [1.807, 2.05) is 19.1 Å². The van der Waals surface area contributed by atoms with Crippen molar-refractivity contribution in [3.8, 4) is 11.6 Å². The average Bonchev–Trinajstić information content (AvgIpc) is 2.42. The third-order valence-electron chi connectivity index (χ3n) is 2.52. The summed E-state index contributed by atoms with van der Waals surface area (Å²) in [6.45, 7) is 3.52. The molecular formula is C14H14ClFN2O. The number of hydrogen-bond donors (Lipinski definition) is 1. The van der Waals surface area contributed by atoms with Gasteiger partial charge >= 0.3 is 0 Å². The Morgan fingerprint density at radius 3 is 2.95 bits per heavy atom. The van der Waals surface area contributed by atoms with E-state index >= 15 is 0 Å². The van der Waals surface area contributed by atoms with Crippen LogP contribution in [0.15, 0.2) is 36.5 Å². The number of nitrogens with one attached hydrogen (secondary N) is 1. The lowest BCUT2D eigenvalue weighted by Gasteiger charge is -2.10. The highest BCUT2D eigenvalue weighted by Crippen LogP contribution is 2.26. The van der Waals surface area contributed by atoms with Crippen LogP contribution in [0.5, 0.6) is 11.6 Å². The van der Waals surface area contributed by atoms with Crippen molar-refractivity contribution in [2.45, 2.75) is 13.5 Å². The molecule has 100 valence electrons. The molecule has 1 aromatic carbocycles. The van der Waals surface area contributed by atoms with Gasteiger partial charge in [0, 0.05) is 24.4 Å². The van der Waals surface area contributed by atoms with E-state index in [4.69, 9.17) is 16.3 Å². The van der Waals surface area contributed by atoms with Crippen molar-refractivity contribution in [1.29, 1.82) is 0 Å². The first kappa shape index (κ1) is 13.8. The molecule has 0 aliphatic rings. The summed E-state index contributed by atoms with van der Waals surface area (Å²) in [6, 6.07) is 8.06. The molecule has 0 unspecified atom stereocenters. The fourth-order valence-electron chi connectivity index (χ4n) is 1.56. The van der Waals surface area contributed by atoms with Crippen LogP contribution in [-0.4, -0.2) is 11.5 Å². The third-order valence-corrected chi connectivity index (χ3v) is 2.83. The number of halogens is 2. The summed E-state index contributed by atoms with van der Waals surface area (Å²) in [4.78, 5) is 4.16. The van der Waals surface area contributed by atoms with E-state index in [0.717, 1.165) is 12.1 Å². The van der Waals surface area contributed by atoms with Gasteiger partial charge in [-0.15, -0.1) is 0 Å². The Bertz CT molecular complexity index is 563. The van der Waals surface area contributed by atoms with Crippen molar-refractivity contribution in [3.05, 3.63) is 52.9 Å². The quantitative estimate of drug-likeness (QED) is 0.905. The minimum absolute atomic E-state index is 0.0706. The highest BCUT2D eigenvalue weighted by molar-refractivity contribution is 6.30. The van der Waals surface area contributed by atoms with Crippen LogP contribution in [-0.2, 0) is 6.54 Å². The summed E-state index contributed by atoms with van der Waals surface area (Å²) < 4.78 is 18.9. The molecule has 1 N–H and O–H groups in total. The van der Waals surface area contributed by atoms with E-state index < -0.39 is 5.82 Å². The van der Waals surface area contributed by atoms with Crippen molar-refractivity contribution in [2.75, 3.05) is 6.54 Å². The number of ether oxygens (including phenoxy) is 1. The Hall–Kier alpha value is -1.65. The fraction of sp³-hybridized carbons (Fsp3) is 0.214. The van der Waals surface area contributed by atoms with Crippen LogP contribution < -0.4 is 10.1 Å². The zero-order chi connectivity index (χ0) is 13.7. The van der Waals surface area contributed by atoms with E-state index in [1.165, 1.54) is 12.1 Å². The summed E-state index contributed by atoms with van der Waals surface area (Å²) in [5.74, 6) is 0.326. The van der Waals surface area contributed by atoms with Gasteiger partial charge in [-0.25, -0.2) is 9.37 Å². The highest BCUT2D eigenvalue weighted by Gasteiger charge is 2.07. The van der Waals surface area contributed by atoms with Crippen LogP contribution in [0.2, 0.25) is 5.02 Å². The SMILES string of the molecule is CCNCc1cccnc1Oc1ccc(Cl)c(F)c1. The second kappa shape index (κ2) is 6.50. The average molecular weight is 281 g/mol. The number of aromatic nitrogens is 1. The molecule has 2 rings (SSSR count). The molecular weight excluding hydrogens is 267 g/mol. The second-order valence-electron chi connectivity index (χ2n) is 3.93. The predicted octanol–water partition coefficient (Wildman–Crippen LogP) is 3.78. The summed E-state index contributed by atoms with van der Waals surface area (Å²) in [6.07, 6.45) is 1.64. The summed E-state index contributed by atoms with van der Waals surface area (Å²) in [5.41, 5.74) is 0.916. The maximum absolute atomic E-state index is 13.3. The predicted molar refractivity (Wildman–Crippen MR) is 73.1 cm³/mol. The van der Waals surface area contributed by atoms with Gasteiger partial charge in [0.2, 0.25) is 5.88 Å². The van der Waals surface area contributed by atoms with E-state index in [0.29, 0.717) is 18.2 Å². The fourth-order valence-corrected chi connectivity index (χ4v) is 1.68. The van der Waals surface area contributed by atoms with Gasteiger partial charge in [0.25, 0.3) is 0 Å². The Morgan fingerprint density at radius 2 is 2.21 bits per heavy atom. The third kappa shape index (κ3) is 3.66. The molecule has 3 nitrogen and oxygen atoms in total. The summed E-state index contributed by atoms with van der Waals surface area (Å²) >= 11 is 5.63. The molecule has 1 heterocycles. The van der Waals surface area contributed by atoms with Crippen LogP contribution in [0.1, 0.15) is 12.5 Å². The van der Waals surface area contributed by atoms with Gasteiger partial charge in [-0.2, -0.15) is 0 Å². The van der Waals surface area contributed by atoms with Crippen molar-refractivity contribution < 1.29 is 9.13 Å². The van der Waals surface area contributed by atoms with E-state index in [2.05, 4.69) is 10.3 Å². The highest BCUT2D eigenvalue weighted by atomic mass is 35.5. The normalized spacial score (nSPS) is 10.5. The molecule has 0 aliphatic carbocycles. The number of nitrogens with zero attached hydrogens (tertiary/aromatic N) is 1. The van der Waals surface area contributed by atoms with Crippen LogP contribution in [0, 0.1) is 5.82 Å². The second-order valence-corrected chi connectivity index (χ2v) is 4.33. The molecule has 0 radical (unpaired) electrons. The first-order valence-electron chi connectivity index (χ1n) is 5.98. The maximum atomic E-state index is 13.3. The molecule has 0 spiro atoms. The Kier molecular flexibility index (Phi) is 4.71. The standard InChI is InChI=1S/C14H14ClFN2O/c1-2-17-9-10-4-3-7-18-14(10)19-11-5-6-12(15)13(16)8-11/h3-8,17H,2,9H2,1H3. The number of hydrogen-bond acceptors (Lipinski definition) is 3.